The van der Waals surface area contributed by atoms with E-state index in [0.29, 0.717) is 24.8 Å². The molecular formula is C25H36N2O3. The first-order valence-electron chi connectivity index (χ1n) is 11.8. The molecule has 1 saturated heterocycles. The van der Waals surface area contributed by atoms with Crippen molar-refractivity contribution in [2.75, 3.05) is 19.6 Å². The minimum atomic E-state index is -0.260. The highest BCUT2D eigenvalue weighted by molar-refractivity contribution is 5.79. The van der Waals surface area contributed by atoms with E-state index < -0.39 is 0 Å². The minimum absolute atomic E-state index is 0.120. The van der Waals surface area contributed by atoms with Crippen molar-refractivity contribution in [2.24, 2.45) is 11.8 Å². The number of nitrogens with one attached hydrogen (secondary N) is 1. The Hall–Kier alpha value is -2.04. The summed E-state index contributed by atoms with van der Waals surface area (Å²) in [6.07, 6.45) is 7.54. The lowest BCUT2D eigenvalue weighted by Crippen LogP contribution is -2.52. The SMILES string of the molecule is CC(C)CNC(=O)C[C@@H]1CC2(CCN(C(=O)C3CCCC3)CC2)Oc2ccccc21. The quantitative estimate of drug-likeness (QED) is 0.786. The van der Waals surface area contributed by atoms with Gasteiger partial charge in [0.25, 0.3) is 0 Å². The van der Waals surface area contributed by atoms with Gasteiger partial charge in [-0.3, -0.25) is 9.59 Å². The molecule has 2 fully saturated rings. The Morgan fingerprint density at radius 2 is 1.87 bits per heavy atom. The van der Waals surface area contributed by atoms with Gasteiger partial charge < -0.3 is 15.0 Å². The van der Waals surface area contributed by atoms with Crippen LogP contribution in [-0.2, 0) is 9.59 Å². The average molecular weight is 413 g/mol. The second kappa shape index (κ2) is 8.99. The van der Waals surface area contributed by atoms with Gasteiger partial charge in [0.2, 0.25) is 11.8 Å². The number of ether oxygens (including phenoxy) is 1. The third-order valence-electron chi connectivity index (χ3n) is 7.13. The summed E-state index contributed by atoms with van der Waals surface area (Å²) in [4.78, 5) is 27.5. The zero-order chi connectivity index (χ0) is 21.1. The lowest BCUT2D eigenvalue weighted by atomic mass is 9.76. The first-order chi connectivity index (χ1) is 14.5. The van der Waals surface area contributed by atoms with Crippen LogP contribution in [0.3, 0.4) is 0 Å². The van der Waals surface area contributed by atoms with Gasteiger partial charge in [-0.1, -0.05) is 44.9 Å². The van der Waals surface area contributed by atoms with Crippen LogP contribution in [-0.4, -0.2) is 41.9 Å². The molecule has 1 atom stereocenters. The van der Waals surface area contributed by atoms with Gasteiger partial charge in [-0.2, -0.15) is 0 Å². The maximum absolute atomic E-state index is 12.8. The van der Waals surface area contributed by atoms with E-state index in [-0.39, 0.29) is 23.3 Å². The van der Waals surface area contributed by atoms with E-state index in [1.54, 1.807) is 0 Å². The third-order valence-corrected chi connectivity index (χ3v) is 7.13. The van der Waals surface area contributed by atoms with Crippen LogP contribution >= 0.6 is 0 Å². The van der Waals surface area contributed by atoms with Crippen LogP contribution in [0.2, 0.25) is 0 Å². The monoisotopic (exact) mass is 412 g/mol. The number of piperidine rings is 1. The number of benzene rings is 1. The molecule has 0 aromatic heterocycles. The Morgan fingerprint density at radius 3 is 2.57 bits per heavy atom. The Balaban J connectivity index is 1.43. The van der Waals surface area contributed by atoms with Gasteiger partial charge in [0.05, 0.1) is 0 Å². The molecule has 1 N–H and O–H groups in total. The number of hydrogen-bond acceptors (Lipinski definition) is 3. The first-order valence-corrected chi connectivity index (χ1v) is 11.8. The van der Waals surface area contributed by atoms with Crippen molar-refractivity contribution in [1.82, 2.24) is 10.2 Å². The summed E-state index contributed by atoms with van der Waals surface area (Å²) in [5.41, 5.74) is 0.886. The molecular weight excluding hydrogens is 376 g/mol. The normalized spacial score (nSPS) is 23.3. The van der Waals surface area contributed by atoms with Crippen molar-refractivity contribution in [1.29, 1.82) is 0 Å². The zero-order valence-electron chi connectivity index (χ0n) is 18.5. The summed E-state index contributed by atoms with van der Waals surface area (Å²) < 4.78 is 6.55. The van der Waals surface area contributed by atoms with E-state index >= 15 is 0 Å². The van der Waals surface area contributed by atoms with Crippen LogP contribution < -0.4 is 10.1 Å². The Labute approximate surface area is 180 Å². The molecule has 5 heteroatoms. The molecule has 1 aromatic carbocycles. The van der Waals surface area contributed by atoms with E-state index in [1.807, 2.05) is 18.2 Å². The van der Waals surface area contributed by atoms with Crippen molar-refractivity contribution < 1.29 is 14.3 Å². The van der Waals surface area contributed by atoms with Crippen molar-refractivity contribution >= 4 is 11.8 Å². The molecule has 3 aliphatic rings. The fourth-order valence-corrected chi connectivity index (χ4v) is 5.41. The summed E-state index contributed by atoms with van der Waals surface area (Å²) in [5, 5.41) is 3.07. The molecule has 2 amide bonds. The molecule has 1 aromatic rings. The molecule has 0 radical (unpaired) electrons. The predicted octanol–water partition coefficient (Wildman–Crippen LogP) is 4.27. The fraction of sp³-hybridized carbons (Fsp3) is 0.680. The summed E-state index contributed by atoms with van der Waals surface area (Å²) in [5.74, 6) is 2.24. The Kier molecular flexibility index (Phi) is 6.35. The molecule has 5 nitrogen and oxygen atoms in total. The number of carbonyl (C=O) groups excluding carboxylic acids is 2. The molecule has 1 spiro atoms. The third kappa shape index (κ3) is 4.65. The average Bonchev–Trinajstić information content (AvgIpc) is 3.27. The standard InChI is InChI=1S/C25H36N2O3/c1-18(2)17-26-23(28)15-20-16-25(30-22-10-6-5-9-21(20)22)11-13-27(14-12-25)24(29)19-7-3-4-8-19/h5-6,9-10,18-20H,3-4,7-8,11-17H2,1-2H3,(H,26,28)/t20-/m1/s1. The van der Waals surface area contributed by atoms with Gasteiger partial charge in [-0.15, -0.1) is 0 Å². The highest BCUT2D eigenvalue weighted by atomic mass is 16.5. The minimum Gasteiger partial charge on any atom is -0.487 e. The highest BCUT2D eigenvalue weighted by Crippen LogP contribution is 2.46. The van der Waals surface area contributed by atoms with Crippen molar-refractivity contribution in [2.45, 2.75) is 76.7 Å². The molecule has 0 bridgehead atoms. The van der Waals surface area contributed by atoms with Crippen LogP contribution in [0, 0.1) is 11.8 Å². The van der Waals surface area contributed by atoms with E-state index in [0.717, 1.165) is 56.5 Å². The molecule has 2 heterocycles. The van der Waals surface area contributed by atoms with E-state index in [1.165, 1.54) is 12.8 Å². The van der Waals surface area contributed by atoms with Gasteiger partial charge in [0.1, 0.15) is 11.4 Å². The lowest BCUT2D eigenvalue weighted by Gasteiger charge is -2.47. The van der Waals surface area contributed by atoms with Gasteiger partial charge in [0.15, 0.2) is 0 Å². The summed E-state index contributed by atoms with van der Waals surface area (Å²) in [6, 6.07) is 8.17. The number of likely N-dealkylation sites (tertiary alicyclic amines) is 1. The zero-order valence-corrected chi connectivity index (χ0v) is 18.5. The molecule has 1 aliphatic carbocycles. The summed E-state index contributed by atoms with van der Waals surface area (Å²) >= 11 is 0. The summed E-state index contributed by atoms with van der Waals surface area (Å²) in [6.45, 7) is 6.47. The molecule has 1 saturated carbocycles. The topological polar surface area (TPSA) is 58.6 Å². The van der Waals surface area contributed by atoms with Gasteiger partial charge >= 0.3 is 0 Å². The predicted molar refractivity (Wildman–Crippen MR) is 117 cm³/mol. The summed E-state index contributed by atoms with van der Waals surface area (Å²) in [7, 11) is 0. The highest BCUT2D eigenvalue weighted by Gasteiger charge is 2.44. The van der Waals surface area contributed by atoms with Gasteiger partial charge in [0, 0.05) is 50.7 Å². The Morgan fingerprint density at radius 1 is 1.17 bits per heavy atom. The Bertz CT molecular complexity index is 761. The van der Waals surface area contributed by atoms with Gasteiger partial charge in [-0.05, 0) is 36.8 Å². The number of para-hydroxylation sites is 1. The largest absolute Gasteiger partial charge is 0.487 e. The first kappa shape index (κ1) is 21.2. The number of amides is 2. The molecule has 4 rings (SSSR count). The van der Waals surface area contributed by atoms with Crippen LogP contribution in [0.1, 0.15) is 76.7 Å². The fourth-order valence-electron chi connectivity index (χ4n) is 5.41. The number of fused-ring (bicyclic) bond motifs is 1. The molecule has 0 unspecified atom stereocenters. The van der Waals surface area contributed by atoms with Crippen molar-refractivity contribution in [3.8, 4) is 5.75 Å². The number of hydrogen-bond donors (Lipinski definition) is 1. The van der Waals surface area contributed by atoms with Crippen LogP contribution in [0.5, 0.6) is 5.75 Å². The maximum atomic E-state index is 12.8. The van der Waals surface area contributed by atoms with E-state index in [2.05, 4.69) is 30.1 Å². The molecule has 2 aliphatic heterocycles. The van der Waals surface area contributed by atoms with E-state index in [4.69, 9.17) is 4.74 Å². The van der Waals surface area contributed by atoms with Crippen molar-refractivity contribution in [3.05, 3.63) is 29.8 Å². The molecule has 30 heavy (non-hydrogen) atoms. The number of nitrogens with zero attached hydrogens (tertiary/aromatic N) is 1. The second-order valence-corrected chi connectivity index (χ2v) is 9.93. The second-order valence-electron chi connectivity index (χ2n) is 9.93. The van der Waals surface area contributed by atoms with Gasteiger partial charge in [-0.25, -0.2) is 0 Å². The lowest BCUT2D eigenvalue weighted by molar-refractivity contribution is -0.139. The van der Waals surface area contributed by atoms with Crippen molar-refractivity contribution in [3.63, 3.8) is 0 Å². The maximum Gasteiger partial charge on any atom is 0.225 e. The molecule has 164 valence electrons. The smallest absolute Gasteiger partial charge is 0.225 e. The van der Waals surface area contributed by atoms with Crippen LogP contribution in [0.4, 0.5) is 0 Å². The van der Waals surface area contributed by atoms with E-state index in [9.17, 15) is 9.59 Å². The van der Waals surface area contributed by atoms with Crippen LogP contribution in [0.25, 0.3) is 0 Å². The van der Waals surface area contributed by atoms with Crippen LogP contribution in [0.15, 0.2) is 24.3 Å². The number of rotatable bonds is 5. The number of carbonyl (C=O) groups is 2.